The summed E-state index contributed by atoms with van der Waals surface area (Å²) < 4.78 is 38.8. The number of benzene rings is 1. The largest absolute Gasteiger partial charge is 0.325 e. The topological polar surface area (TPSA) is 26.0 Å². The normalized spacial score (nSPS) is 10.9. The van der Waals surface area contributed by atoms with Crippen LogP contribution in [0.3, 0.4) is 0 Å². The molecule has 0 aromatic heterocycles. The van der Waals surface area contributed by atoms with Gasteiger partial charge < -0.3 is 5.73 Å². The van der Waals surface area contributed by atoms with Crippen molar-refractivity contribution in [1.29, 1.82) is 0 Å². The molecule has 0 unspecified atom stereocenters. The number of nitrogens with two attached hydrogens (primary N) is 1. The Balaban J connectivity index is 0.00000169. The van der Waals surface area contributed by atoms with Crippen LogP contribution in [0.4, 0.5) is 13.2 Å². The van der Waals surface area contributed by atoms with Gasteiger partial charge in [-0.25, -0.2) is 4.39 Å². The molecule has 1 aromatic carbocycles. The Morgan fingerprint density at radius 3 is 2.36 bits per heavy atom. The predicted octanol–water partition coefficient (Wildman–Crippen LogP) is 2.95. The van der Waals surface area contributed by atoms with Gasteiger partial charge in [0.15, 0.2) is 0 Å². The molecule has 6 heteroatoms. The van der Waals surface area contributed by atoms with Crippen molar-refractivity contribution in [3.05, 3.63) is 34.6 Å². The number of hydrogen-bond acceptors (Lipinski definition) is 1. The zero-order chi connectivity index (χ0) is 10.1. The number of alkyl halides is 2. The van der Waals surface area contributed by atoms with Gasteiger partial charge in [0, 0.05) is 0 Å². The molecule has 1 aromatic rings. The highest BCUT2D eigenvalue weighted by Gasteiger charge is 2.34. The van der Waals surface area contributed by atoms with E-state index in [2.05, 4.69) is 0 Å². The van der Waals surface area contributed by atoms with Crippen molar-refractivity contribution < 1.29 is 13.2 Å². The zero-order valence-corrected chi connectivity index (χ0v) is 8.51. The standard InChI is InChI=1S/C8H7ClF3N.ClH/c9-5-2-1-3-6(10)7(5)8(11,12)4-13;/h1-3H,4,13H2;1H. The van der Waals surface area contributed by atoms with E-state index >= 15 is 0 Å². The van der Waals surface area contributed by atoms with Crippen molar-refractivity contribution in [2.24, 2.45) is 5.73 Å². The van der Waals surface area contributed by atoms with Crippen molar-refractivity contribution in [3.63, 3.8) is 0 Å². The smallest absolute Gasteiger partial charge is 0.289 e. The second-order valence-electron chi connectivity index (χ2n) is 2.51. The van der Waals surface area contributed by atoms with E-state index in [0.717, 1.165) is 6.07 Å². The van der Waals surface area contributed by atoms with Crippen molar-refractivity contribution in [2.45, 2.75) is 5.92 Å². The van der Waals surface area contributed by atoms with Crippen LogP contribution in [0, 0.1) is 5.82 Å². The highest BCUT2D eigenvalue weighted by atomic mass is 35.5. The van der Waals surface area contributed by atoms with Crippen LogP contribution in [0.5, 0.6) is 0 Å². The summed E-state index contributed by atoms with van der Waals surface area (Å²) in [5.41, 5.74) is 3.97. The fourth-order valence-electron chi connectivity index (χ4n) is 0.949. The van der Waals surface area contributed by atoms with Crippen LogP contribution in [0.1, 0.15) is 5.56 Å². The Morgan fingerprint density at radius 1 is 1.36 bits per heavy atom. The molecule has 0 saturated heterocycles. The molecule has 0 saturated carbocycles. The molecule has 0 fully saturated rings. The van der Waals surface area contributed by atoms with Gasteiger partial charge in [0.25, 0.3) is 5.92 Å². The van der Waals surface area contributed by atoms with Crippen LogP contribution in [0.2, 0.25) is 5.02 Å². The summed E-state index contributed by atoms with van der Waals surface area (Å²) >= 11 is 5.42. The molecule has 80 valence electrons. The minimum atomic E-state index is -3.41. The van der Waals surface area contributed by atoms with E-state index < -0.39 is 23.8 Å². The molecule has 0 bridgehead atoms. The van der Waals surface area contributed by atoms with Crippen LogP contribution in [0.25, 0.3) is 0 Å². The van der Waals surface area contributed by atoms with E-state index in [1.807, 2.05) is 0 Å². The molecule has 0 spiro atoms. The highest BCUT2D eigenvalue weighted by molar-refractivity contribution is 6.31. The second kappa shape index (κ2) is 4.87. The Labute approximate surface area is 90.5 Å². The average molecular weight is 246 g/mol. The quantitative estimate of drug-likeness (QED) is 0.852. The summed E-state index contributed by atoms with van der Waals surface area (Å²) in [5, 5.41) is -0.310. The molecule has 0 aliphatic rings. The summed E-state index contributed by atoms with van der Waals surface area (Å²) in [6.45, 7) is -0.965. The van der Waals surface area contributed by atoms with Gasteiger partial charge in [0.2, 0.25) is 0 Å². The van der Waals surface area contributed by atoms with Gasteiger partial charge in [-0.05, 0) is 12.1 Å². The van der Waals surface area contributed by atoms with Crippen LogP contribution in [-0.2, 0) is 5.92 Å². The van der Waals surface area contributed by atoms with Crippen LogP contribution < -0.4 is 5.73 Å². The number of halogens is 5. The molecule has 0 amide bonds. The Morgan fingerprint density at radius 2 is 1.93 bits per heavy atom. The molecule has 0 heterocycles. The first kappa shape index (κ1) is 13.5. The third-order valence-corrected chi connectivity index (χ3v) is 1.90. The number of rotatable bonds is 2. The molecule has 0 radical (unpaired) electrons. The molecule has 2 N–H and O–H groups in total. The van der Waals surface area contributed by atoms with Gasteiger partial charge in [-0.3, -0.25) is 0 Å². The van der Waals surface area contributed by atoms with Gasteiger partial charge in [0.05, 0.1) is 17.1 Å². The van der Waals surface area contributed by atoms with E-state index in [9.17, 15) is 13.2 Å². The highest BCUT2D eigenvalue weighted by Crippen LogP contribution is 2.34. The Hall–Kier alpha value is -0.450. The van der Waals surface area contributed by atoms with E-state index in [1.54, 1.807) is 0 Å². The Bertz CT molecular complexity index is 297. The third-order valence-electron chi connectivity index (χ3n) is 1.58. The lowest BCUT2D eigenvalue weighted by Gasteiger charge is -2.16. The van der Waals surface area contributed by atoms with Crippen LogP contribution in [-0.4, -0.2) is 6.54 Å². The molecule has 14 heavy (non-hydrogen) atoms. The zero-order valence-electron chi connectivity index (χ0n) is 6.94. The maximum Gasteiger partial charge on any atom is 0.289 e. The minimum absolute atomic E-state index is 0. The van der Waals surface area contributed by atoms with E-state index in [4.69, 9.17) is 17.3 Å². The van der Waals surface area contributed by atoms with E-state index in [-0.39, 0.29) is 17.4 Å². The molecular formula is C8H8Cl2F3N. The van der Waals surface area contributed by atoms with Gasteiger partial charge in [-0.1, -0.05) is 17.7 Å². The summed E-state index contributed by atoms with van der Waals surface area (Å²) in [6, 6.07) is 3.38. The summed E-state index contributed by atoms with van der Waals surface area (Å²) in [5.74, 6) is -4.45. The van der Waals surface area contributed by atoms with Crippen LogP contribution >= 0.6 is 24.0 Å². The molecule has 0 atom stereocenters. The molecule has 0 aliphatic carbocycles. The SMILES string of the molecule is Cl.NCC(F)(F)c1c(F)cccc1Cl. The first-order valence-electron chi connectivity index (χ1n) is 3.51. The summed E-state index contributed by atoms with van der Waals surface area (Å²) in [7, 11) is 0. The van der Waals surface area contributed by atoms with Crippen molar-refractivity contribution >= 4 is 24.0 Å². The Kier molecular flexibility index (Phi) is 4.71. The lowest BCUT2D eigenvalue weighted by molar-refractivity contribution is 0.00252. The lowest BCUT2D eigenvalue weighted by atomic mass is 10.1. The van der Waals surface area contributed by atoms with Crippen molar-refractivity contribution in [1.82, 2.24) is 0 Å². The number of hydrogen-bond donors (Lipinski definition) is 1. The van der Waals surface area contributed by atoms with Gasteiger partial charge in [0.1, 0.15) is 5.82 Å². The van der Waals surface area contributed by atoms with Gasteiger partial charge in [-0.2, -0.15) is 8.78 Å². The second-order valence-corrected chi connectivity index (χ2v) is 2.91. The summed E-state index contributed by atoms with van der Waals surface area (Å²) in [4.78, 5) is 0. The lowest BCUT2D eigenvalue weighted by Crippen LogP contribution is -2.26. The van der Waals surface area contributed by atoms with Crippen molar-refractivity contribution in [2.75, 3.05) is 6.54 Å². The van der Waals surface area contributed by atoms with Gasteiger partial charge in [-0.15, -0.1) is 12.4 Å². The van der Waals surface area contributed by atoms with E-state index in [0.29, 0.717) is 0 Å². The monoisotopic (exact) mass is 245 g/mol. The summed E-state index contributed by atoms with van der Waals surface area (Å²) in [6.07, 6.45) is 0. The maximum atomic E-state index is 13.0. The molecular weight excluding hydrogens is 238 g/mol. The van der Waals surface area contributed by atoms with Crippen molar-refractivity contribution in [3.8, 4) is 0 Å². The average Bonchev–Trinajstić information content (AvgIpc) is 2.03. The van der Waals surface area contributed by atoms with Crippen LogP contribution in [0.15, 0.2) is 18.2 Å². The predicted molar refractivity (Wildman–Crippen MR) is 51.6 cm³/mol. The minimum Gasteiger partial charge on any atom is -0.325 e. The third kappa shape index (κ3) is 2.53. The van der Waals surface area contributed by atoms with Gasteiger partial charge >= 0.3 is 0 Å². The fraction of sp³-hybridized carbons (Fsp3) is 0.250. The molecule has 1 rings (SSSR count). The molecule has 0 aliphatic heterocycles. The molecule has 1 nitrogen and oxygen atoms in total. The fourth-order valence-corrected chi connectivity index (χ4v) is 1.25. The first-order chi connectivity index (χ1) is 5.99. The first-order valence-corrected chi connectivity index (χ1v) is 3.89. The maximum absolute atomic E-state index is 13.0. The van der Waals surface area contributed by atoms with E-state index in [1.165, 1.54) is 12.1 Å².